The van der Waals surface area contributed by atoms with Crippen molar-refractivity contribution in [2.24, 2.45) is 0 Å². The van der Waals surface area contributed by atoms with Crippen molar-refractivity contribution in [3.63, 3.8) is 0 Å². The Hall–Kier alpha value is -0.300. The maximum Gasteiger partial charge on any atom is 0.406 e. The molecule has 1 unspecified atom stereocenters. The molecule has 90 valence electrons. The molecule has 1 fully saturated rings. The summed E-state index contributed by atoms with van der Waals surface area (Å²) < 4.78 is 60.9. The smallest absolute Gasteiger partial charge is 0.212 e. The first-order chi connectivity index (χ1) is 6.76. The number of halogens is 3. The Morgan fingerprint density at radius 2 is 1.60 bits per heavy atom. The highest BCUT2D eigenvalue weighted by Gasteiger charge is 2.47. The van der Waals surface area contributed by atoms with Crippen LogP contribution in [0.3, 0.4) is 0 Å². The second kappa shape index (κ2) is 4.29. The molecule has 0 aromatic heterocycles. The van der Waals surface area contributed by atoms with E-state index in [1.807, 2.05) is 0 Å². The minimum atomic E-state index is -4.68. The van der Waals surface area contributed by atoms with E-state index in [2.05, 4.69) is 0 Å². The monoisotopic (exact) mass is 245 g/mol. The summed E-state index contributed by atoms with van der Waals surface area (Å²) in [4.78, 5) is 0. The van der Waals surface area contributed by atoms with E-state index in [9.17, 15) is 21.6 Å². The van der Waals surface area contributed by atoms with E-state index in [4.69, 9.17) is 0 Å². The molecule has 0 aromatic carbocycles. The third-order valence-corrected chi connectivity index (χ3v) is 4.83. The second-order valence-corrected chi connectivity index (χ2v) is 5.94. The van der Waals surface area contributed by atoms with Crippen molar-refractivity contribution in [1.82, 2.24) is 4.31 Å². The zero-order valence-electron chi connectivity index (χ0n) is 8.42. The van der Waals surface area contributed by atoms with Crippen LogP contribution in [-0.4, -0.2) is 37.2 Å². The molecule has 1 atom stereocenters. The van der Waals surface area contributed by atoms with Crippen molar-refractivity contribution in [2.45, 2.75) is 37.6 Å². The first kappa shape index (κ1) is 12.8. The Kier molecular flexibility index (Phi) is 3.65. The van der Waals surface area contributed by atoms with E-state index in [0.717, 1.165) is 10.7 Å². The molecular formula is C8H14F3NO2S. The largest absolute Gasteiger partial charge is 0.406 e. The van der Waals surface area contributed by atoms with Gasteiger partial charge in [0, 0.05) is 13.1 Å². The Morgan fingerprint density at radius 1 is 1.13 bits per heavy atom. The summed E-state index contributed by atoms with van der Waals surface area (Å²) in [6.07, 6.45) is -2.52. The van der Waals surface area contributed by atoms with Crippen LogP contribution in [0.5, 0.6) is 0 Å². The van der Waals surface area contributed by atoms with E-state index in [1.165, 1.54) is 0 Å². The maximum atomic E-state index is 12.3. The lowest BCUT2D eigenvalue weighted by Gasteiger charge is -2.29. The molecule has 0 aromatic rings. The van der Waals surface area contributed by atoms with Crippen LogP contribution in [0.25, 0.3) is 0 Å². The second-order valence-electron chi connectivity index (χ2n) is 3.69. The Morgan fingerprint density at radius 3 is 2.00 bits per heavy atom. The highest BCUT2D eigenvalue weighted by Crippen LogP contribution is 2.28. The van der Waals surface area contributed by atoms with Crippen molar-refractivity contribution < 1.29 is 21.6 Å². The van der Waals surface area contributed by atoms with Gasteiger partial charge in [-0.1, -0.05) is 6.42 Å². The number of nitrogens with zero attached hydrogens (tertiary/aromatic N) is 1. The normalized spacial score (nSPS) is 22.7. The number of rotatable bonds is 2. The van der Waals surface area contributed by atoms with Gasteiger partial charge in [-0.3, -0.25) is 0 Å². The summed E-state index contributed by atoms with van der Waals surface area (Å²) in [6.45, 7) is 1.12. The number of sulfonamides is 1. The zero-order chi connectivity index (χ0) is 11.7. The van der Waals surface area contributed by atoms with Gasteiger partial charge in [-0.15, -0.1) is 0 Å². The predicted octanol–water partition coefficient (Wildman–Crippen LogP) is 1.75. The van der Waals surface area contributed by atoms with E-state index in [-0.39, 0.29) is 13.1 Å². The van der Waals surface area contributed by atoms with Crippen molar-refractivity contribution in [3.8, 4) is 0 Å². The molecule has 1 aliphatic rings. The van der Waals surface area contributed by atoms with Gasteiger partial charge in [0.05, 0.1) is 0 Å². The van der Waals surface area contributed by atoms with Crippen molar-refractivity contribution >= 4 is 10.0 Å². The molecule has 0 saturated carbocycles. The minimum Gasteiger partial charge on any atom is -0.212 e. The van der Waals surface area contributed by atoms with Crippen LogP contribution in [0, 0.1) is 0 Å². The molecule has 0 N–H and O–H groups in total. The Balaban J connectivity index is 2.82. The van der Waals surface area contributed by atoms with Gasteiger partial charge in [0.1, 0.15) is 0 Å². The quantitative estimate of drug-likeness (QED) is 0.743. The minimum absolute atomic E-state index is 0.211. The maximum absolute atomic E-state index is 12.3. The third-order valence-electron chi connectivity index (χ3n) is 2.58. The summed E-state index contributed by atoms with van der Waals surface area (Å²) >= 11 is 0. The van der Waals surface area contributed by atoms with Gasteiger partial charge in [-0.05, 0) is 19.8 Å². The van der Waals surface area contributed by atoms with Crippen LogP contribution in [0.4, 0.5) is 13.2 Å². The van der Waals surface area contributed by atoms with Crippen LogP contribution >= 0.6 is 0 Å². The van der Waals surface area contributed by atoms with Crippen LogP contribution in [0.15, 0.2) is 0 Å². The fourth-order valence-electron chi connectivity index (χ4n) is 1.51. The number of hydrogen-bond acceptors (Lipinski definition) is 2. The molecule has 0 amide bonds. The fourth-order valence-corrected chi connectivity index (χ4v) is 3.06. The highest BCUT2D eigenvalue weighted by atomic mass is 32.2. The first-order valence-electron chi connectivity index (χ1n) is 4.82. The van der Waals surface area contributed by atoms with Gasteiger partial charge in [0.15, 0.2) is 5.25 Å². The van der Waals surface area contributed by atoms with E-state index >= 15 is 0 Å². The molecule has 0 aliphatic carbocycles. The number of hydrogen-bond donors (Lipinski definition) is 0. The summed E-state index contributed by atoms with van der Waals surface area (Å²) in [6, 6.07) is 0. The van der Waals surface area contributed by atoms with Crippen LogP contribution in [0.1, 0.15) is 26.2 Å². The third kappa shape index (κ3) is 2.84. The van der Waals surface area contributed by atoms with Crippen LogP contribution in [0.2, 0.25) is 0 Å². The topological polar surface area (TPSA) is 37.4 Å². The summed E-state index contributed by atoms with van der Waals surface area (Å²) in [7, 11) is -4.21. The van der Waals surface area contributed by atoms with Crippen molar-refractivity contribution in [3.05, 3.63) is 0 Å². The molecule has 3 nitrogen and oxygen atoms in total. The first-order valence-corrected chi connectivity index (χ1v) is 6.32. The molecule has 7 heteroatoms. The molecular weight excluding hydrogens is 231 g/mol. The van der Waals surface area contributed by atoms with E-state index in [1.54, 1.807) is 0 Å². The van der Waals surface area contributed by atoms with Gasteiger partial charge in [-0.2, -0.15) is 13.2 Å². The van der Waals surface area contributed by atoms with Crippen LogP contribution < -0.4 is 0 Å². The summed E-state index contributed by atoms with van der Waals surface area (Å²) in [5.74, 6) is 0. The molecule has 0 radical (unpaired) electrons. The van der Waals surface area contributed by atoms with Crippen molar-refractivity contribution in [1.29, 1.82) is 0 Å². The standard InChI is InChI=1S/C8H14F3NO2S/c1-7(8(9,10)11)15(13,14)12-5-3-2-4-6-12/h7H,2-6H2,1H3. The summed E-state index contributed by atoms with van der Waals surface area (Å²) in [5.41, 5.74) is 0. The molecule has 15 heavy (non-hydrogen) atoms. The van der Waals surface area contributed by atoms with Crippen molar-refractivity contribution in [2.75, 3.05) is 13.1 Å². The average molecular weight is 245 g/mol. The van der Waals surface area contributed by atoms with E-state index in [0.29, 0.717) is 19.8 Å². The van der Waals surface area contributed by atoms with Gasteiger partial charge < -0.3 is 0 Å². The number of piperidine rings is 1. The molecule has 1 heterocycles. The van der Waals surface area contributed by atoms with Gasteiger partial charge in [0.25, 0.3) is 0 Å². The lowest BCUT2D eigenvalue weighted by Crippen LogP contribution is -2.46. The Bertz CT molecular complexity index is 306. The average Bonchev–Trinajstić information content (AvgIpc) is 2.16. The summed E-state index contributed by atoms with van der Waals surface area (Å²) in [5, 5.41) is -2.30. The highest BCUT2D eigenvalue weighted by molar-refractivity contribution is 7.89. The molecule has 1 rings (SSSR count). The number of alkyl halides is 3. The van der Waals surface area contributed by atoms with Crippen LogP contribution in [-0.2, 0) is 10.0 Å². The molecule has 1 saturated heterocycles. The van der Waals surface area contributed by atoms with Gasteiger partial charge >= 0.3 is 6.18 Å². The predicted molar refractivity (Wildman–Crippen MR) is 49.9 cm³/mol. The van der Waals surface area contributed by atoms with Gasteiger partial charge in [-0.25, -0.2) is 12.7 Å². The lowest BCUT2D eigenvalue weighted by molar-refractivity contribution is -0.127. The SMILES string of the molecule is CC(C(F)(F)F)S(=O)(=O)N1CCCCC1. The molecule has 0 spiro atoms. The molecule has 1 aliphatic heterocycles. The molecule has 0 bridgehead atoms. The fraction of sp³-hybridized carbons (Fsp3) is 1.00. The van der Waals surface area contributed by atoms with Gasteiger partial charge in [0.2, 0.25) is 10.0 Å². The van der Waals surface area contributed by atoms with E-state index < -0.39 is 21.4 Å². The zero-order valence-corrected chi connectivity index (χ0v) is 9.24. The Labute approximate surface area is 87.3 Å². The lowest BCUT2D eigenvalue weighted by atomic mass is 10.2.